The predicted octanol–water partition coefficient (Wildman–Crippen LogP) is 2.04. The summed E-state index contributed by atoms with van der Waals surface area (Å²) < 4.78 is 5.23. The molecule has 1 saturated heterocycles. The number of rotatable bonds is 4. The molecule has 0 radical (unpaired) electrons. The van der Waals surface area contributed by atoms with Crippen molar-refractivity contribution in [2.24, 2.45) is 0 Å². The van der Waals surface area contributed by atoms with E-state index in [-0.39, 0.29) is 0 Å². The van der Waals surface area contributed by atoms with Crippen LogP contribution in [-0.4, -0.2) is 36.3 Å². The quantitative estimate of drug-likeness (QED) is 0.775. The summed E-state index contributed by atoms with van der Waals surface area (Å²) in [6, 6.07) is 0.763. The molecule has 0 aromatic rings. The molecular weight excluding hydrogens is 194 g/mol. The smallest absolute Gasteiger partial charge is 0.0608 e. The molecule has 14 heavy (non-hydrogen) atoms. The number of ether oxygens (including phenoxy) is 1. The molecule has 0 bridgehead atoms. The Morgan fingerprint density at radius 1 is 1.29 bits per heavy atom. The van der Waals surface area contributed by atoms with Crippen LogP contribution in [0.3, 0.4) is 0 Å². The van der Waals surface area contributed by atoms with Gasteiger partial charge in [0.2, 0.25) is 0 Å². The van der Waals surface area contributed by atoms with Gasteiger partial charge in [0.1, 0.15) is 0 Å². The van der Waals surface area contributed by atoms with Crippen LogP contribution >= 0.6 is 11.8 Å². The van der Waals surface area contributed by atoms with E-state index in [1.807, 2.05) is 0 Å². The minimum Gasteiger partial charge on any atom is -0.379 e. The fraction of sp³-hybridized carbons (Fsp3) is 1.00. The van der Waals surface area contributed by atoms with Gasteiger partial charge in [-0.25, -0.2) is 0 Å². The number of hydrogen-bond donors (Lipinski definition) is 1. The van der Waals surface area contributed by atoms with E-state index in [1.165, 1.54) is 25.7 Å². The third-order valence-corrected chi connectivity index (χ3v) is 4.71. The molecule has 2 atom stereocenters. The van der Waals surface area contributed by atoms with Gasteiger partial charge in [0.25, 0.3) is 0 Å². The Morgan fingerprint density at radius 3 is 2.71 bits per heavy atom. The highest BCUT2D eigenvalue weighted by Crippen LogP contribution is 2.33. The first kappa shape index (κ1) is 10.8. The van der Waals surface area contributed by atoms with Gasteiger partial charge < -0.3 is 10.1 Å². The molecule has 0 aromatic carbocycles. The lowest BCUT2D eigenvalue weighted by atomic mass is 9.95. The van der Waals surface area contributed by atoms with Crippen LogP contribution in [0.25, 0.3) is 0 Å². The average molecular weight is 215 g/mol. The van der Waals surface area contributed by atoms with Crippen LogP contribution in [0.15, 0.2) is 0 Å². The first-order valence-corrected chi connectivity index (χ1v) is 6.81. The highest BCUT2D eigenvalue weighted by Gasteiger charge is 2.30. The second kappa shape index (κ2) is 5.38. The van der Waals surface area contributed by atoms with Crippen molar-refractivity contribution in [3.05, 3.63) is 0 Å². The Bertz CT molecular complexity index is 171. The van der Waals surface area contributed by atoms with E-state index >= 15 is 0 Å². The van der Waals surface area contributed by atoms with Crippen molar-refractivity contribution in [1.82, 2.24) is 5.32 Å². The van der Waals surface area contributed by atoms with Crippen LogP contribution in [0.4, 0.5) is 0 Å². The van der Waals surface area contributed by atoms with Crippen LogP contribution in [-0.2, 0) is 4.74 Å². The lowest BCUT2D eigenvalue weighted by Crippen LogP contribution is -2.43. The minimum absolute atomic E-state index is 0.763. The first-order valence-electron chi connectivity index (χ1n) is 5.86. The summed E-state index contributed by atoms with van der Waals surface area (Å²) in [6.45, 7) is 5.30. The van der Waals surface area contributed by atoms with Crippen molar-refractivity contribution in [3.8, 4) is 0 Å². The number of nitrogens with one attached hydrogen (secondary N) is 1. The molecule has 1 aliphatic heterocycles. The summed E-state index contributed by atoms with van der Waals surface area (Å²) in [5.41, 5.74) is 0. The van der Waals surface area contributed by atoms with Gasteiger partial charge in [0.05, 0.1) is 18.5 Å². The molecule has 2 fully saturated rings. The maximum Gasteiger partial charge on any atom is 0.0608 e. The zero-order valence-corrected chi connectivity index (χ0v) is 9.81. The SMILES string of the molecule is CCNC1CCCCC1SC1COC1. The van der Waals surface area contributed by atoms with Crippen molar-refractivity contribution in [2.45, 2.75) is 49.1 Å². The van der Waals surface area contributed by atoms with Crippen molar-refractivity contribution in [3.63, 3.8) is 0 Å². The van der Waals surface area contributed by atoms with Gasteiger partial charge in [0.15, 0.2) is 0 Å². The van der Waals surface area contributed by atoms with Gasteiger partial charge in [-0.1, -0.05) is 19.8 Å². The van der Waals surface area contributed by atoms with Crippen LogP contribution in [0.5, 0.6) is 0 Å². The van der Waals surface area contributed by atoms with Crippen molar-refractivity contribution >= 4 is 11.8 Å². The third kappa shape index (κ3) is 2.65. The zero-order chi connectivity index (χ0) is 9.80. The molecule has 1 aliphatic carbocycles. The summed E-state index contributed by atoms with van der Waals surface area (Å²) in [7, 11) is 0. The molecule has 2 rings (SSSR count). The molecule has 3 heteroatoms. The van der Waals surface area contributed by atoms with Crippen LogP contribution < -0.4 is 5.32 Å². The molecule has 82 valence electrons. The van der Waals surface area contributed by atoms with Crippen LogP contribution in [0.2, 0.25) is 0 Å². The topological polar surface area (TPSA) is 21.3 Å². The second-order valence-corrected chi connectivity index (χ2v) is 5.83. The van der Waals surface area contributed by atoms with E-state index in [2.05, 4.69) is 24.0 Å². The molecule has 2 unspecified atom stereocenters. The predicted molar refractivity (Wildman–Crippen MR) is 61.9 cm³/mol. The lowest BCUT2D eigenvalue weighted by molar-refractivity contribution is 0.0451. The Hall–Kier alpha value is 0.270. The Morgan fingerprint density at radius 2 is 2.07 bits per heavy atom. The zero-order valence-electron chi connectivity index (χ0n) is 9.00. The molecule has 0 spiro atoms. The van der Waals surface area contributed by atoms with Crippen molar-refractivity contribution in [1.29, 1.82) is 0 Å². The maximum absolute atomic E-state index is 5.23. The van der Waals surface area contributed by atoms with E-state index in [9.17, 15) is 0 Å². The van der Waals surface area contributed by atoms with Crippen molar-refractivity contribution < 1.29 is 4.74 Å². The molecule has 0 amide bonds. The molecule has 1 saturated carbocycles. The molecule has 1 N–H and O–H groups in total. The van der Waals surface area contributed by atoms with E-state index in [1.54, 1.807) is 0 Å². The van der Waals surface area contributed by atoms with E-state index < -0.39 is 0 Å². The summed E-state index contributed by atoms with van der Waals surface area (Å²) >= 11 is 2.17. The third-order valence-electron chi connectivity index (χ3n) is 3.14. The van der Waals surface area contributed by atoms with Gasteiger partial charge in [-0.3, -0.25) is 0 Å². The Labute approximate surface area is 91.2 Å². The Balaban J connectivity index is 1.78. The lowest BCUT2D eigenvalue weighted by Gasteiger charge is -2.36. The number of hydrogen-bond acceptors (Lipinski definition) is 3. The molecule has 2 aliphatic rings. The standard InChI is InChI=1S/C11H21NOS/c1-2-12-10-5-3-4-6-11(10)14-9-7-13-8-9/h9-12H,2-8H2,1H3. The van der Waals surface area contributed by atoms with E-state index in [4.69, 9.17) is 4.74 Å². The highest BCUT2D eigenvalue weighted by molar-refractivity contribution is 8.00. The van der Waals surface area contributed by atoms with Gasteiger partial charge in [0, 0.05) is 11.3 Å². The molecular formula is C11H21NOS. The minimum atomic E-state index is 0.763. The van der Waals surface area contributed by atoms with E-state index in [0.717, 1.165) is 36.3 Å². The molecule has 0 aromatic heterocycles. The van der Waals surface area contributed by atoms with Crippen LogP contribution in [0.1, 0.15) is 32.6 Å². The first-order chi connectivity index (χ1) is 6.90. The van der Waals surface area contributed by atoms with Gasteiger partial charge in [-0.2, -0.15) is 0 Å². The van der Waals surface area contributed by atoms with Crippen LogP contribution in [0, 0.1) is 0 Å². The summed E-state index contributed by atoms with van der Waals surface area (Å²) in [4.78, 5) is 0. The van der Waals surface area contributed by atoms with E-state index in [0.29, 0.717) is 0 Å². The largest absolute Gasteiger partial charge is 0.379 e. The summed E-state index contributed by atoms with van der Waals surface area (Å²) in [6.07, 6.45) is 5.61. The average Bonchev–Trinajstić information content (AvgIpc) is 2.14. The molecule has 2 nitrogen and oxygen atoms in total. The van der Waals surface area contributed by atoms with Gasteiger partial charge in [-0.05, 0) is 19.4 Å². The number of thioether (sulfide) groups is 1. The monoisotopic (exact) mass is 215 g/mol. The fourth-order valence-electron chi connectivity index (χ4n) is 2.30. The maximum atomic E-state index is 5.23. The fourth-order valence-corrected chi connectivity index (χ4v) is 3.86. The second-order valence-electron chi connectivity index (χ2n) is 4.28. The summed E-state index contributed by atoms with van der Waals surface area (Å²) in [5, 5.41) is 5.26. The molecule has 1 heterocycles. The van der Waals surface area contributed by atoms with Gasteiger partial charge >= 0.3 is 0 Å². The normalized spacial score (nSPS) is 34.1. The summed E-state index contributed by atoms with van der Waals surface area (Å²) in [5.74, 6) is 0. The van der Waals surface area contributed by atoms with Gasteiger partial charge in [-0.15, -0.1) is 11.8 Å². The van der Waals surface area contributed by atoms with Crippen molar-refractivity contribution in [2.75, 3.05) is 19.8 Å². The highest BCUT2D eigenvalue weighted by atomic mass is 32.2. The Kier molecular flexibility index (Phi) is 4.14.